The number of ether oxygens (including phenoxy) is 1. The van der Waals surface area contributed by atoms with Crippen LogP contribution in [-0.2, 0) is 4.79 Å². The van der Waals surface area contributed by atoms with Gasteiger partial charge in [0.2, 0.25) is 0 Å². The Hall–Kier alpha value is -2.54. The quantitative estimate of drug-likeness (QED) is 0.869. The predicted octanol–water partition coefficient (Wildman–Crippen LogP) is 1.99. The largest absolute Gasteiger partial charge is 0.503 e. The number of hydrogen-bond acceptors (Lipinski definition) is 6. The van der Waals surface area contributed by atoms with E-state index in [0.29, 0.717) is 11.5 Å². The molecule has 7 heteroatoms. The standard InChI is InChI=1S/C18H18N2O4S/c1-24-14-7-8-19-15(17(14)22)18(23)20-13-10-25-9-12(16(13)21)11-5-3-2-4-6-11/h2-8,12-13,22H,9-10H2,1H3,(H,20,23). The van der Waals surface area contributed by atoms with Gasteiger partial charge in [-0.15, -0.1) is 0 Å². The van der Waals surface area contributed by atoms with Crippen LogP contribution < -0.4 is 10.1 Å². The summed E-state index contributed by atoms with van der Waals surface area (Å²) in [6, 6.07) is 10.4. The van der Waals surface area contributed by atoms with Gasteiger partial charge in [-0.1, -0.05) is 30.3 Å². The third-order valence-corrected chi connectivity index (χ3v) is 5.22. The summed E-state index contributed by atoms with van der Waals surface area (Å²) in [5.74, 6) is 0.141. The van der Waals surface area contributed by atoms with Crippen LogP contribution in [0.15, 0.2) is 42.6 Å². The zero-order chi connectivity index (χ0) is 17.8. The summed E-state index contributed by atoms with van der Waals surface area (Å²) in [5.41, 5.74) is 0.792. The highest BCUT2D eigenvalue weighted by molar-refractivity contribution is 7.99. The van der Waals surface area contributed by atoms with E-state index in [9.17, 15) is 14.7 Å². The highest BCUT2D eigenvalue weighted by atomic mass is 32.2. The summed E-state index contributed by atoms with van der Waals surface area (Å²) in [6.45, 7) is 0. The van der Waals surface area contributed by atoms with Gasteiger partial charge in [0.05, 0.1) is 19.1 Å². The molecule has 0 radical (unpaired) electrons. The van der Waals surface area contributed by atoms with Gasteiger partial charge in [0.1, 0.15) is 0 Å². The predicted molar refractivity (Wildman–Crippen MR) is 95.2 cm³/mol. The number of pyridine rings is 1. The minimum atomic E-state index is -0.621. The third kappa shape index (κ3) is 3.61. The number of nitrogens with zero attached hydrogens (tertiary/aromatic N) is 1. The first-order valence-corrected chi connectivity index (χ1v) is 8.96. The molecule has 2 heterocycles. The van der Waals surface area contributed by atoms with Crippen molar-refractivity contribution in [2.75, 3.05) is 18.6 Å². The number of rotatable bonds is 4. The van der Waals surface area contributed by atoms with Crippen LogP contribution >= 0.6 is 11.8 Å². The number of amides is 1. The highest BCUT2D eigenvalue weighted by Gasteiger charge is 2.34. The van der Waals surface area contributed by atoms with E-state index in [2.05, 4.69) is 10.3 Å². The Labute approximate surface area is 149 Å². The van der Waals surface area contributed by atoms with Crippen LogP contribution in [0.1, 0.15) is 22.0 Å². The Bertz CT molecular complexity index is 782. The van der Waals surface area contributed by atoms with Gasteiger partial charge in [-0.2, -0.15) is 11.8 Å². The molecule has 0 bridgehead atoms. The number of methoxy groups -OCH3 is 1. The minimum Gasteiger partial charge on any atom is -0.503 e. The fraction of sp³-hybridized carbons (Fsp3) is 0.278. The van der Waals surface area contributed by atoms with Gasteiger partial charge in [-0.25, -0.2) is 4.98 Å². The number of thioether (sulfide) groups is 1. The summed E-state index contributed by atoms with van der Waals surface area (Å²) in [5, 5.41) is 12.7. The van der Waals surface area contributed by atoms with Gasteiger partial charge in [0.25, 0.3) is 5.91 Å². The molecule has 2 atom stereocenters. The van der Waals surface area contributed by atoms with E-state index < -0.39 is 11.9 Å². The van der Waals surface area contributed by atoms with Gasteiger partial charge < -0.3 is 15.2 Å². The second-order valence-electron chi connectivity index (χ2n) is 5.64. The van der Waals surface area contributed by atoms with Crippen LogP contribution in [0.2, 0.25) is 0 Å². The molecule has 2 N–H and O–H groups in total. The first-order chi connectivity index (χ1) is 12.1. The van der Waals surface area contributed by atoms with Crippen LogP contribution in [0, 0.1) is 0 Å². The van der Waals surface area contributed by atoms with Crippen molar-refractivity contribution in [1.82, 2.24) is 10.3 Å². The van der Waals surface area contributed by atoms with Gasteiger partial charge in [0.15, 0.2) is 23.0 Å². The Balaban J connectivity index is 1.76. The maximum Gasteiger partial charge on any atom is 0.274 e. The maximum atomic E-state index is 12.8. The number of benzene rings is 1. The van der Waals surface area contributed by atoms with Crippen molar-refractivity contribution in [3.05, 3.63) is 53.9 Å². The second kappa shape index (κ2) is 7.57. The van der Waals surface area contributed by atoms with E-state index in [1.54, 1.807) is 11.8 Å². The number of aromatic hydroxyl groups is 1. The van der Waals surface area contributed by atoms with E-state index >= 15 is 0 Å². The summed E-state index contributed by atoms with van der Waals surface area (Å²) >= 11 is 1.62. The highest BCUT2D eigenvalue weighted by Crippen LogP contribution is 2.30. The first-order valence-electron chi connectivity index (χ1n) is 7.81. The van der Waals surface area contributed by atoms with Crippen LogP contribution in [-0.4, -0.2) is 46.4 Å². The molecule has 2 aromatic rings. The van der Waals surface area contributed by atoms with E-state index in [1.807, 2.05) is 30.3 Å². The molecule has 2 unspecified atom stereocenters. The smallest absolute Gasteiger partial charge is 0.274 e. The van der Waals surface area contributed by atoms with Crippen molar-refractivity contribution in [1.29, 1.82) is 0 Å². The SMILES string of the molecule is COc1ccnc(C(=O)NC2CSCC(c3ccccc3)C2=O)c1O. The number of carbonyl (C=O) groups is 2. The molecule has 0 spiro atoms. The van der Waals surface area contributed by atoms with Crippen molar-refractivity contribution in [2.45, 2.75) is 12.0 Å². The minimum absolute atomic E-state index is 0.0271. The fourth-order valence-electron chi connectivity index (χ4n) is 2.76. The van der Waals surface area contributed by atoms with Crippen molar-refractivity contribution >= 4 is 23.5 Å². The van der Waals surface area contributed by atoms with Gasteiger partial charge in [0, 0.05) is 23.8 Å². The Kier molecular flexibility index (Phi) is 5.23. The summed E-state index contributed by atoms with van der Waals surface area (Å²) in [4.78, 5) is 29.1. The Morgan fingerprint density at radius 3 is 2.76 bits per heavy atom. The molecule has 1 saturated heterocycles. The molecule has 1 aliphatic heterocycles. The third-order valence-electron chi connectivity index (χ3n) is 4.09. The second-order valence-corrected chi connectivity index (χ2v) is 6.71. The molecular formula is C18H18N2O4S. The monoisotopic (exact) mass is 358 g/mol. The summed E-state index contributed by atoms with van der Waals surface area (Å²) in [6.07, 6.45) is 1.37. The van der Waals surface area contributed by atoms with Crippen LogP contribution in [0.4, 0.5) is 0 Å². The fourth-order valence-corrected chi connectivity index (χ4v) is 3.98. The van der Waals surface area contributed by atoms with Crippen molar-refractivity contribution in [2.24, 2.45) is 0 Å². The number of ketones is 1. The number of hydrogen-bond donors (Lipinski definition) is 2. The molecule has 6 nitrogen and oxygen atoms in total. The number of nitrogens with one attached hydrogen (secondary N) is 1. The maximum absolute atomic E-state index is 12.8. The van der Waals surface area contributed by atoms with Crippen molar-refractivity contribution in [3.8, 4) is 11.5 Å². The zero-order valence-electron chi connectivity index (χ0n) is 13.6. The summed E-state index contributed by atoms with van der Waals surface area (Å²) < 4.78 is 4.98. The average molecular weight is 358 g/mol. The van der Waals surface area contributed by atoms with Gasteiger partial charge in [-0.3, -0.25) is 9.59 Å². The Morgan fingerprint density at radius 2 is 2.04 bits per heavy atom. The lowest BCUT2D eigenvalue weighted by molar-refractivity contribution is -0.121. The van der Waals surface area contributed by atoms with E-state index in [4.69, 9.17) is 4.74 Å². The number of carbonyl (C=O) groups excluding carboxylic acids is 2. The molecule has 130 valence electrons. The lowest BCUT2D eigenvalue weighted by Gasteiger charge is -2.28. The molecular weight excluding hydrogens is 340 g/mol. The molecule has 0 aliphatic carbocycles. The van der Waals surface area contributed by atoms with Gasteiger partial charge >= 0.3 is 0 Å². The molecule has 1 aromatic carbocycles. The lowest BCUT2D eigenvalue weighted by Crippen LogP contribution is -2.47. The normalized spacial score (nSPS) is 20.1. The van der Waals surface area contributed by atoms with Crippen molar-refractivity contribution in [3.63, 3.8) is 0 Å². The van der Waals surface area contributed by atoms with Crippen LogP contribution in [0.25, 0.3) is 0 Å². The summed E-state index contributed by atoms with van der Waals surface area (Å²) in [7, 11) is 1.39. The van der Waals surface area contributed by atoms with Crippen LogP contribution in [0.3, 0.4) is 0 Å². The van der Waals surface area contributed by atoms with E-state index in [0.717, 1.165) is 5.56 Å². The molecule has 25 heavy (non-hydrogen) atoms. The lowest BCUT2D eigenvalue weighted by atomic mass is 9.92. The molecule has 3 rings (SSSR count). The van der Waals surface area contributed by atoms with E-state index in [-0.39, 0.29) is 28.9 Å². The van der Waals surface area contributed by atoms with Gasteiger partial charge in [-0.05, 0) is 5.56 Å². The molecule has 1 aliphatic rings. The first kappa shape index (κ1) is 17.3. The van der Waals surface area contributed by atoms with Crippen molar-refractivity contribution < 1.29 is 19.4 Å². The topological polar surface area (TPSA) is 88.5 Å². The Morgan fingerprint density at radius 1 is 1.28 bits per heavy atom. The number of aromatic nitrogens is 1. The molecule has 0 saturated carbocycles. The molecule has 1 fully saturated rings. The zero-order valence-corrected chi connectivity index (χ0v) is 14.5. The number of Topliss-reactive ketones (excluding diaryl/α,β-unsaturated/α-hetero) is 1. The van der Waals surface area contributed by atoms with E-state index in [1.165, 1.54) is 19.4 Å². The van der Waals surface area contributed by atoms with Crippen LogP contribution in [0.5, 0.6) is 11.5 Å². The molecule has 1 aromatic heterocycles. The average Bonchev–Trinajstić information content (AvgIpc) is 2.64. The molecule has 1 amide bonds.